The van der Waals surface area contributed by atoms with Gasteiger partial charge in [-0.25, -0.2) is 4.98 Å². The highest BCUT2D eigenvalue weighted by molar-refractivity contribution is 7.09. The van der Waals surface area contributed by atoms with Crippen LogP contribution in [-0.2, 0) is 11.3 Å². The smallest absolute Gasteiger partial charge is 0.0898 e. The summed E-state index contributed by atoms with van der Waals surface area (Å²) in [5.74, 6) is 0. The zero-order valence-electron chi connectivity index (χ0n) is 8.91. The summed E-state index contributed by atoms with van der Waals surface area (Å²) in [6.07, 6.45) is 0. The number of aryl methyl sites for hydroxylation is 1. The first-order chi connectivity index (χ1) is 6.53. The minimum atomic E-state index is -0.162. The van der Waals surface area contributed by atoms with Gasteiger partial charge in [-0.3, -0.25) is 0 Å². The van der Waals surface area contributed by atoms with Crippen LogP contribution in [0.15, 0.2) is 5.38 Å². The quantitative estimate of drug-likeness (QED) is 0.816. The summed E-state index contributed by atoms with van der Waals surface area (Å²) >= 11 is 1.63. The third-order valence-electron chi connectivity index (χ3n) is 1.84. The molecule has 0 bridgehead atoms. The molecule has 0 aliphatic carbocycles. The molecule has 1 N–H and O–H groups in total. The fourth-order valence-electron chi connectivity index (χ4n) is 0.952. The highest BCUT2D eigenvalue weighted by Gasteiger charge is 2.16. The van der Waals surface area contributed by atoms with Crippen molar-refractivity contribution in [2.75, 3.05) is 13.2 Å². The number of hydrogen-bond acceptors (Lipinski definition) is 4. The van der Waals surface area contributed by atoms with E-state index in [1.165, 1.54) is 0 Å². The summed E-state index contributed by atoms with van der Waals surface area (Å²) in [4.78, 5) is 4.29. The SMILES string of the molecule is Cc1nc(COCC(C)(C)CO)cs1. The molecule has 1 heterocycles. The molecular weight excluding hydrogens is 198 g/mol. The van der Waals surface area contributed by atoms with E-state index in [2.05, 4.69) is 4.98 Å². The Bertz CT molecular complexity index is 283. The van der Waals surface area contributed by atoms with E-state index in [1.54, 1.807) is 11.3 Å². The van der Waals surface area contributed by atoms with Gasteiger partial charge in [-0.2, -0.15) is 0 Å². The predicted octanol–water partition coefficient (Wildman–Crippen LogP) is 1.99. The molecule has 1 aromatic heterocycles. The maximum Gasteiger partial charge on any atom is 0.0898 e. The molecule has 0 aliphatic heterocycles. The first-order valence-electron chi connectivity index (χ1n) is 4.63. The number of ether oxygens (including phenoxy) is 1. The average molecular weight is 215 g/mol. The minimum absolute atomic E-state index is 0.142. The third kappa shape index (κ3) is 3.74. The average Bonchev–Trinajstić information content (AvgIpc) is 2.51. The van der Waals surface area contributed by atoms with Gasteiger partial charge in [0.1, 0.15) is 0 Å². The molecule has 0 aromatic carbocycles. The topological polar surface area (TPSA) is 42.4 Å². The molecule has 0 spiro atoms. The van der Waals surface area contributed by atoms with Crippen LogP contribution in [0.3, 0.4) is 0 Å². The Morgan fingerprint density at radius 1 is 1.57 bits per heavy atom. The lowest BCUT2D eigenvalue weighted by Gasteiger charge is -2.20. The summed E-state index contributed by atoms with van der Waals surface area (Å²) in [5.41, 5.74) is 0.812. The van der Waals surface area contributed by atoms with Gasteiger partial charge in [0.2, 0.25) is 0 Å². The van der Waals surface area contributed by atoms with Crippen molar-refractivity contribution < 1.29 is 9.84 Å². The highest BCUT2D eigenvalue weighted by Crippen LogP contribution is 2.15. The lowest BCUT2D eigenvalue weighted by atomic mass is 9.97. The van der Waals surface area contributed by atoms with E-state index in [9.17, 15) is 0 Å². The van der Waals surface area contributed by atoms with Crippen molar-refractivity contribution in [3.8, 4) is 0 Å². The van der Waals surface area contributed by atoms with Crippen LogP contribution in [0.25, 0.3) is 0 Å². The number of hydrogen-bond donors (Lipinski definition) is 1. The lowest BCUT2D eigenvalue weighted by Crippen LogP contribution is -2.23. The fraction of sp³-hybridized carbons (Fsp3) is 0.700. The molecular formula is C10H17NO2S. The summed E-state index contributed by atoms with van der Waals surface area (Å²) in [6, 6.07) is 0. The van der Waals surface area contributed by atoms with Gasteiger partial charge in [-0.1, -0.05) is 13.8 Å². The molecule has 0 saturated heterocycles. The van der Waals surface area contributed by atoms with Crippen LogP contribution >= 0.6 is 11.3 Å². The normalized spacial score (nSPS) is 12.0. The zero-order chi connectivity index (χ0) is 10.6. The van der Waals surface area contributed by atoms with Crippen LogP contribution in [-0.4, -0.2) is 23.3 Å². The molecule has 80 valence electrons. The van der Waals surface area contributed by atoms with Crippen molar-refractivity contribution in [3.05, 3.63) is 16.1 Å². The summed E-state index contributed by atoms with van der Waals surface area (Å²) in [7, 11) is 0. The molecule has 14 heavy (non-hydrogen) atoms. The minimum Gasteiger partial charge on any atom is -0.396 e. The Labute approximate surface area is 88.8 Å². The molecule has 0 saturated carbocycles. The van der Waals surface area contributed by atoms with Crippen LogP contribution < -0.4 is 0 Å². The Morgan fingerprint density at radius 3 is 2.79 bits per heavy atom. The van der Waals surface area contributed by atoms with Gasteiger partial charge in [0, 0.05) is 10.8 Å². The van der Waals surface area contributed by atoms with E-state index in [1.807, 2.05) is 26.2 Å². The second-order valence-electron chi connectivity index (χ2n) is 4.17. The number of aliphatic hydroxyl groups excluding tert-OH is 1. The van der Waals surface area contributed by atoms with Crippen LogP contribution in [0.1, 0.15) is 24.5 Å². The summed E-state index contributed by atoms with van der Waals surface area (Å²) in [5, 5.41) is 12.1. The largest absolute Gasteiger partial charge is 0.396 e. The first kappa shape index (κ1) is 11.6. The van der Waals surface area contributed by atoms with Gasteiger partial charge in [-0.15, -0.1) is 11.3 Å². The van der Waals surface area contributed by atoms with E-state index in [4.69, 9.17) is 9.84 Å². The maximum atomic E-state index is 9.00. The van der Waals surface area contributed by atoms with Crippen molar-refractivity contribution in [1.82, 2.24) is 4.98 Å². The van der Waals surface area contributed by atoms with Crippen molar-refractivity contribution >= 4 is 11.3 Å². The molecule has 0 radical (unpaired) electrons. The van der Waals surface area contributed by atoms with Gasteiger partial charge >= 0.3 is 0 Å². The van der Waals surface area contributed by atoms with Gasteiger partial charge < -0.3 is 9.84 Å². The van der Waals surface area contributed by atoms with Crippen LogP contribution in [0.4, 0.5) is 0 Å². The highest BCUT2D eigenvalue weighted by atomic mass is 32.1. The molecule has 0 aliphatic rings. The maximum absolute atomic E-state index is 9.00. The van der Waals surface area contributed by atoms with E-state index in [-0.39, 0.29) is 12.0 Å². The Morgan fingerprint density at radius 2 is 2.29 bits per heavy atom. The van der Waals surface area contributed by atoms with Crippen molar-refractivity contribution in [2.45, 2.75) is 27.4 Å². The standard InChI is InChI=1S/C10H17NO2S/c1-8-11-9(5-14-8)4-13-7-10(2,3)6-12/h5,12H,4,6-7H2,1-3H3. The molecule has 0 amide bonds. The number of thiazole rings is 1. The Kier molecular flexibility index (Phi) is 4.04. The fourth-order valence-corrected chi connectivity index (χ4v) is 1.55. The summed E-state index contributed by atoms with van der Waals surface area (Å²) < 4.78 is 5.47. The van der Waals surface area contributed by atoms with Gasteiger partial charge in [0.15, 0.2) is 0 Å². The molecule has 0 fully saturated rings. The monoisotopic (exact) mass is 215 g/mol. The van der Waals surface area contributed by atoms with Crippen molar-refractivity contribution in [2.24, 2.45) is 5.41 Å². The van der Waals surface area contributed by atoms with Gasteiger partial charge in [0.25, 0.3) is 0 Å². The molecule has 0 atom stereocenters. The predicted molar refractivity (Wildman–Crippen MR) is 57.4 cm³/mol. The van der Waals surface area contributed by atoms with E-state index in [0.29, 0.717) is 13.2 Å². The zero-order valence-corrected chi connectivity index (χ0v) is 9.73. The van der Waals surface area contributed by atoms with Gasteiger partial charge in [0.05, 0.1) is 30.5 Å². The number of aliphatic hydroxyl groups is 1. The van der Waals surface area contributed by atoms with E-state index in [0.717, 1.165) is 10.7 Å². The summed E-state index contributed by atoms with van der Waals surface area (Å²) in [6.45, 7) is 7.15. The number of nitrogens with zero attached hydrogens (tertiary/aromatic N) is 1. The van der Waals surface area contributed by atoms with E-state index < -0.39 is 0 Å². The third-order valence-corrected chi connectivity index (χ3v) is 2.66. The van der Waals surface area contributed by atoms with Crippen LogP contribution in [0.5, 0.6) is 0 Å². The molecule has 1 aromatic rings. The number of aromatic nitrogens is 1. The molecule has 4 heteroatoms. The Hall–Kier alpha value is -0.450. The molecule has 0 unspecified atom stereocenters. The Balaban J connectivity index is 2.28. The lowest BCUT2D eigenvalue weighted by molar-refractivity contribution is 0.0187. The van der Waals surface area contributed by atoms with Gasteiger partial charge in [-0.05, 0) is 6.92 Å². The van der Waals surface area contributed by atoms with Crippen molar-refractivity contribution in [1.29, 1.82) is 0 Å². The number of rotatable bonds is 5. The van der Waals surface area contributed by atoms with Crippen LogP contribution in [0, 0.1) is 12.3 Å². The van der Waals surface area contributed by atoms with Crippen LogP contribution in [0.2, 0.25) is 0 Å². The molecule has 3 nitrogen and oxygen atoms in total. The first-order valence-corrected chi connectivity index (χ1v) is 5.51. The second kappa shape index (κ2) is 4.87. The molecule has 1 rings (SSSR count). The van der Waals surface area contributed by atoms with Crippen molar-refractivity contribution in [3.63, 3.8) is 0 Å². The second-order valence-corrected chi connectivity index (χ2v) is 5.24. The van der Waals surface area contributed by atoms with E-state index >= 15 is 0 Å².